The van der Waals surface area contributed by atoms with Crippen LogP contribution in [-0.4, -0.2) is 52.9 Å². The first-order valence-electron chi connectivity index (χ1n) is 10.2. The number of para-hydroxylation sites is 1. The van der Waals surface area contributed by atoms with Crippen molar-refractivity contribution in [3.63, 3.8) is 0 Å². The second-order valence-corrected chi connectivity index (χ2v) is 7.38. The lowest BCUT2D eigenvalue weighted by molar-refractivity contribution is 0.0758. The summed E-state index contributed by atoms with van der Waals surface area (Å²) in [5, 5.41) is 3.99. The quantitative estimate of drug-likeness (QED) is 0.707. The van der Waals surface area contributed by atoms with Gasteiger partial charge in [-0.25, -0.2) is 4.79 Å². The van der Waals surface area contributed by atoms with E-state index in [4.69, 9.17) is 0 Å². The van der Waals surface area contributed by atoms with E-state index in [0.29, 0.717) is 31.9 Å². The molecule has 3 aromatic rings. The number of carbonyl (C=O) groups is 2. The molecule has 6 heteroatoms. The molecule has 2 N–H and O–H groups in total. The van der Waals surface area contributed by atoms with E-state index in [1.807, 2.05) is 59.5 Å². The number of nitrogens with one attached hydrogen (secondary N) is 2. The minimum Gasteiger partial charge on any atom is -0.351 e. The maximum Gasteiger partial charge on any atom is 0.321 e. The molecule has 29 heavy (non-hydrogen) atoms. The van der Waals surface area contributed by atoms with Crippen LogP contribution in [0.1, 0.15) is 29.4 Å². The van der Waals surface area contributed by atoms with Gasteiger partial charge in [-0.05, 0) is 42.7 Å². The monoisotopic (exact) mass is 390 g/mol. The number of benzene rings is 2. The van der Waals surface area contributed by atoms with Gasteiger partial charge in [-0.2, -0.15) is 0 Å². The van der Waals surface area contributed by atoms with Crippen molar-refractivity contribution in [2.75, 3.05) is 31.5 Å². The van der Waals surface area contributed by atoms with Gasteiger partial charge in [0.25, 0.3) is 5.91 Å². The first-order chi connectivity index (χ1) is 14.1. The Morgan fingerprint density at radius 2 is 1.69 bits per heavy atom. The number of nitrogens with zero attached hydrogens (tertiary/aromatic N) is 2. The van der Waals surface area contributed by atoms with E-state index in [2.05, 4.69) is 17.2 Å². The molecule has 1 fully saturated rings. The van der Waals surface area contributed by atoms with Gasteiger partial charge in [-0.15, -0.1) is 0 Å². The highest BCUT2D eigenvalue weighted by atomic mass is 16.2. The van der Waals surface area contributed by atoms with Gasteiger partial charge in [0.15, 0.2) is 0 Å². The Bertz CT molecular complexity index is 976. The third-order valence-electron chi connectivity index (χ3n) is 5.44. The van der Waals surface area contributed by atoms with Crippen LogP contribution >= 0.6 is 0 Å². The van der Waals surface area contributed by atoms with E-state index in [1.54, 1.807) is 4.90 Å². The molecule has 0 radical (unpaired) electrons. The van der Waals surface area contributed by atoms with Gasteiger partial charge in [-0.1, -0.05) is 37.3 Å². The van der Waals surface area contributed by atoms with Crippen molar-refractivity contribution in [1.29, 1.82) is 0 Å². The zero-order valence-corrected chi connectivity index (χ0v) is 16.6. The van der Waals surface area contributed by atoms with Crippen LogP contribution in [0.4, 0.5) is 10.5 Å². The number of hydrogen-bond donors (Lipinski definition) is 2. The number of anilines is 1. The summed E-state index contributed by atoms with van der Waals surface area (Å²) in [7, 11) is 0. The first-order valence-corrected chi connectivity index (χ1v) is 10.2. The van der Waals surface area contributed by atoms with Crippen molar-refractivity contribution < 1.29 is 9.59 Å². The Morgan fingerprint density at radius 3 is 2.45 bits per heavy atom. The number of rotatable bonds is 3. The van der Waals surface area contributed by atoms with E-state index >= 15 is 0 Å². The van der Waals surface area contributed by atoms with Crippen LogP contribution in [0, 0.1) is 0 Å². The largest absolute Gasteiger partial charge is 0.351 e. The molecule has 0 aliphatic carbocycles. The smallest absolute Gasteiger partial charge is 0.321 e. The summed E-state index contributed by atoms with van der Waals surface area (Å²) in [4.78, 5) is 32.4. The number of fused-ring (bicyclic) bond motifs is 1. The lowest BCUT2D eigenvalue weighted by Crippen LogP contribution is -2.39. The summed E-state index contributed by atoms with van der Waals surface area (Å²) >= 11 is 0. The summed E-state index contributed by atoms with van der Waals surface area (Å²) in [6, 6.07) is 17.6. The van der Waals surface area contributed by atoms with Crippen molar-refractivity contribution in [1.82, 2.24) is 14.8 Å². The Morgan fingerprint density at radius 1 is 0.966 bits per heavy atom. The SMILES string of the molecule is CCc1ccc(NC(=O)N2CCCN(C(=O)c3cc4ccccc4[nH]3)CC2)cc1. The molecule has 3 amide bonds. The lowest BCUT2D eigenvalue weighted by Gasteiger charge is -2.22. The van der Waals surface area contributed by atoms with Crippen LogP contribution in [0.15, 0.2) is 54.6 Å². The van der Waals surface area contributed by atoms with Crippen molar-refractivity contribution in [3.8, 4) is 0 Å². The van der Waals surface area contributed by atoms with Crippen LogP contribution in [0.5, 0.6) is 0 Å². The minimum atomic E-state index is -0.117. The van der Waals surface area contributed by atoms with Crippen LogP contribution in [0.25, 0.3) is 10.9 Å². The molecule has 1 aromatic heterocycles. The summed E-state index contributed by atoms with van der Waals surface area (Å²) < 4.78 is 0. The van der Waals surface area contributed by atoms with E-state index in [0.717, 1.165) is 29.4 Å². The summed E-state index contributed by atoms with van der Waals surface area (Å²) in [6.45, 7) is 4.42. The van der Waals surface area contributed by atoms with Gasteiger partial charge in [0.2, 0.25) is 0 Å². The fourth-order valence-corrected chi connectivity index (χ4v) is 3.71. The second-order valence-electron chi connectivity index (χ2n) is 7.38. The first kappa shape index (κ1) is 19.1. The third kappa shape index (κ3) is 4.26. The predicted octanol–water partition coefficient (Wildman–Crippen LogP) is 4.11. The van der Waals surface area contributed by atoms with Crippen LogP contribution in [0.3, 0.4) is 0 Å². The molecule has 1 saturated heterocycles. The number of hydrogen-bond acceptors (Lipinski definition) is 2. The molecule has 4 rings (SSSR count). The molecule has 150 valence electrons. The average molecular weight is 390 g/mol. The van der Waals surface area contributed by atoms with Gasteiger partial charge in [0.05, 0.1) is 0 Å². The minimum absolute atomic E-state index is 0.0152. The zero-order chi connectivity index (χ0) is 20.2. The molecule has 6 nitrogen and oxygen atoms in total. The predicted molar refractivity (Wildman–Crippen MR) is 115 cm³/mol. The molecule has 0 unspecified atom stereocenters. The lowest BCUT2D eigenvalue weighted by atomic mass is 10.1. The third-order valence-corrected chi connectivity index (χ3v) is 5.44. The summed E-state index contributed by atoms with van der Waals surface area (Å²) in [6.07, 6.45) is 1.73. The van der Waals surface area contributed by atoms with Crippen molar-refractivity contribution >= 4 is 28.5 Å². The van der Waals surface area contributed by atoms with E-state index in [1.165, 1.54) is 5.56 Å². The number of aromatic nitrogens is 1. The van der Waals surface area contributed by atoms with Crippen LogP contribution in [-0.2, 0) is 6.42 Å². The molecule has 0 atom stereocenters. The normalized spacial score (nSPS) is 14.7. The maximum absolute atomic E-state index is 12.9. The Balaban J connectivity index is 1.37. The number of aromatic amines is 1. The number of carbonyl (C=O) groups excluding carboxylic acids is 2. The molecule has 0 spiro atoms. The van der Waals surface area contributed by atoms with Crippen LogP contribution < -0.4 is 5.32 Å². The summed E-state index contributed by atoms with van der Waals surface area (Å²) in [5.74, 6) is -0.0152. The Kier molecular flexibility index (Phi) is 5.51. The van der Waals surface area contributed by atoms with Crippen molar-refractivity contribution in [2.24, 2.45) is 0 Å². The Labute approximate surface area is 170 Å². The molecule has 1 aliphatic rings. The molecule has 0 saturated carbocycles. The number of amides is 3. The Hall–Kier alpha value is -3.28. The topological polar surface area (TPSA) is 68.4 Å². The highest BCUT2D eigenvalue weighted by Gasteiger charge is 2.23. The van der Waals surface area contributed by atoms with Crippen LogP contribution in [0.2, 0.25) is 0 Å². The van der Waals surface area contributed by atoms with Gasteiger partial charge in [0, 0.05) is 42.8 Å². The number of urea groups is 1. The van der Waals surface area contributed by atoms with Gasteiger partial charge in [-0.3, -0.25) is 4.79 Å². The van der Waals surface area contributed by atoms with Gasteiger partial charge < -0.3 is 20.1 Å². The summed E-state index contributed by atoms with van der Waals surface area (Å²) in [5.41, 5.74) is 3.59. The van der Waals surface area contributed by atoms with Gasteiger partial charge in [0.1, 0.15) is 5.69 Å². The molecule has 2 heterocycles. The maximum atomic E-state index is 12.9. The zero-order valence-electron chi connectivity index (χ0n) is 16.6. The molecular weight excluding hydrogens is 364 g/mol. The average Bonchev–Trinajstić information content (AvgIpc) is 3.03. The number of H-pyrrole nitrogens is 1. The standard InChI is InChI=1S/C23H26N4O2/c1-2-17-8-10-19(11-9-17)24-23(29)27-13-5-12-26(14-15-27)22(28)21-16-18-6-3-4-7-20(18)25-21/h3-4,6-11,16,25H,2,5,12-15H2,1H3,(H,24,29). The number of aryl methyl sites for hydroxylation is 1. The molecule has 2 aromatic carbocycles. The molecule has 0 bridgehead atoms. The van der Waals surface area contributed by atoms with Crippen molar-refractivity contribution in [3.05, 3.63) is 65.9 Å². The molecule has 1 aliphatic heterocycles. The highest BCUT2D eigenvalue weighted by molar-refractivity contribution is 5.98. The van der Waals surface area contributed by atoms with Crippen molar-refractivity contribution in [2.45, 2.75) is 19.8 Å². The molecular formula is C23H26N4O2. The highest BCUT2D eigenvalue weighted by Crippen LogP contribution is 2.17. The van der Waals surface area contributed by atoms with E-state index in [-0.39, 0.29) is 11.9 Å². The van der Waals surface area contributed by atoms with Gasteiger partial charge >= 0.3 is 6.03 Å². The van der Waals surface area contributed by atoms with E-state index in [9.17, 15) is 9.59 Å². The van der Waals surface area contributed by atoms with E-state index < -0.39 is 0 Å². The second kappa shape index (κ2) is 8.39. The fraction of sp³-hybridized carbons (Fsp3) is 0.304. The fourth-order valence-electron chi connectivity index (χ4n) is 3.71.